The monoisotopic (exact) mass is 627 g/mol. The Morgan fingerprint density at radius 1 is 0.783 bits per heavy atom. The van der Waals surface area contributed by atoms with Gasteiger partial charge in [-0.2, -0.15) is 0 Å². The molecule has 7 heteroatoms. The summed E-state index contributed by atoms with van der Waals surface area (Å²) < 4.78 is 5.59. The molecule has 3 aromatic carbocycles. The van der Waals surface area contributed by atoms with Gasteiger partial charge in [-0.3, -0.25) is 9.59 Å². The Morgan fingerprint density at radius 2 is 1.43 bits per heavy atom. The molecule has 2 atom stereocenters. The van der Waals surface area contributed by atoms with Gasteiger partial charge in [0, 0.05) is 18.7 Å². The number of unbranched alkanes of at least 4 members (excludes halogenated alkanes) is 5. The molecule has 0 aromatic heterocycles. The van der Waals surface area contributed by atoms with Crippen LogP contribution in [-0.2, 0) is 20.7 Å². The third-order valence-electron chi connectivity index (χ3n) is 8.12. The maximum atomic E-state index is 14.8. The molecule has 0 aliphatic heterocycles. The van der Waals surface area contributed by atoms with Gasteiger partial charge in [-0.1, -0.05) is 106 Å². The van der Waals surface area contributed by atoms with Gasteiger partial charge in [0.05, 0.1) is 0 Å². The summed E-state index contributed by atoms with van der Waals surface area (Å²) in [5, 5.41) is 5.97. The standard InChI is InChI=1S/C39H53N3O4/c1-8-9-10-11-12-18-25-42(37(44)34(27-31-20-14-13-15-21-31)41-38(45)46-39(5,6)7)35(32-24-23-28(2)30(4)26-32)36(43)40-33-22-17-16-19-29(33)3/h13-17,19-24,26,34-35H,8-12,18,25,27H2,1-7H3,(H,40,43)(H,41,45). The van der Waals surface area contributed by atoms with Crippen molar-refractivity contribution in [1.82, 2.24) is 10.2 Å². The lowest BCUT2D eigenvalue weighted by atomic mass is 9.96. The zero-order valence-electron chi connectivity index (χ0n) is 28.8. The number of carbonyl (C=O) groups is 3. The van der Waals surface area contributed by atoms with Crippen LogP contribution in [0.2, 0.25) is 0 Å². The van der Waals surface area contributed by atoms with E-state index in [4.69, 9.17) is 4.74 Å². The summed E-state index contributed by atoms with van der Waals surface area (Å²) in [6, 6.07) is 21.3. The van der Waals surface area contributed by atoms with E-state index in [1.807, 2.05) is 93.6 Å². The van der Waals surface area contributed by atoms with Crippen molar-refractivity contribution < 1.29 is 19.1 Å². The van der Waals surface area contributed by atoms with Crippen LogP contribution >= 0.6 is 0 Å². The summed E-state index contributed by atoms with van der Waals surface area (Å²) in [7, 11) is 0. The van der Waals surface area contributed by atoms with Crippen molar-refractivity contribution in [1.29, 1.82) is 0 Å². The average Bonchev–Trinajstić information content (AvgIpc) is 3.00. The Balaban J connectivity index is 2.07. The number of alkyl carbamates (subject to hydrolysis) is 1. The van der Waals surface area contributed by atoms with Crippen molar-refractivity contribution in [3.8, 4) is 0 Å². The topological polar surface area (TPSA) is 87.7 Å². The number of ether oxygens (including phenoxy) is 1. The second-order valence-corrected chi connectivity index (χ2v) is 13.2. The number of hydrogen-bond acceptors (Lipinski definition) is 4. The van der Waals surface area contributed by atoms with E-state index in [1.165, 1.54) is 6.42 Å². The lowest BCUT2D eigenvalue weighted by Gasteiger charge is -2.35. The molecule has 7 nitrogen and oxygen atoms in total. The van der Waals surface area contributed by atoms with Gasteiger partial charge >= 0.3 is 6.09 Å². The fourth-order valence-electron chi connectivity index (χ4n) is 5.45. The highest BCUT2D eigenvalue weighted by molar-refractivity contribution is 5.99. The molecule has 46 heavy (non-hydrogen) atoms. The van der Waals surface area contributed by atoms with E-state index < -0.39 is 23.8 Å². The van der Waals surface area contributed by atoms with E-state index >= 15 is 0 Å². The SMILES string of the molecule is CCCCCCCCN(C(=O)C(Cc1ccccc1)NC(=O)OC(C)(C)C)C(C(=O)Nc1ccccc1C)c1ccc(C)c(C)c1. The second-order valence-electron chi connectivity index (χ2n) is 13.2. The normalized spacial score (nSPS) is 12.6. The number of nitrogens with zero attached hydrogens (tertiary/aromatic N) is 1. The Labute approximate surface area is 276 Å². The van der Waals surface area contributed by atoms with Crippen LogP contribution in [0, 0.1) is 20.8 Å². The number of benzene rings is 3. The lowest BCUT2D eigenvalue weighted by molar-refractivity contribution is -0.140. The van der Waals surface area contributed by atoms with Gasteiger partial charge in [0.25, 0.3) is 5.91 Å². The van der Waals surface area contributed by atoms with E-state index in [1.54, 1.807) is 25.7 Å². The first kappa shape index (κ1) is 36.3. The minimum Gasteiger partial charge on any atom is -0.444 e. The van der Waals surface area contributed by atoms with E-state index in [0.29, 0.717) is 12.2 Å². The molecule has 2 unspecified atom stereocenters. The molecule has 0 saturated heterocycles. The molecule has 0 heterocycles. The number of amides is 3. The van der Waals surface area contributed by atoms with Crippen LogP contribution in [0.25, 0.3) is 0 Å². The average molecular weight is 628 g/mol. The summed E-state index contributed by atoms with van der Waals surface area (Å²) in [6.45, 7) is 13.9. The van der Waals surface area contributed by atoms with Crippen molar-refractivity contribution >= 4 is 23.6 Å². The fourth-order valence-corrected chi connectivity index (χ4v) is 5.45. The van der Waals surface area contributed by atoms with Crippen LogP contribution < -0.4 is 10.6 Å². The third kappa shape index (κ3) is 11.3. The predicted octanol–water partition coefficient (Wildman–Crippen LogP) is 8.62. The van der Waals surface area contributed by atoms with Gasteiger partial charge in [-0.05, 0) is 81.8 Å². The first-order valence-corrected chi connectivity index (χ1v) is 16.7. The van der Waals surface area contributed by atoms with Gasteiger partial charge in [0.1, 0.15) is 17.7 Å². The zero-order valence-corrected chi connectivity index (χ0v) is 28.8. The Morgan fingerprint density at radius 3 is 2.09 bits per heavy atom. The van der Waals surface area contributed by atoms with Crippen LogP contribution in [0.3, 0.4) is 0 Å². The van der Waals surface area contributed by atoms with Crippen LogP contribution in [0.4, 0.5) is 10.5 Å². The first-order chi connectivity index (χ1) is 21.9. The molecule has 0 aliphatic rings. The number of nitrogens with one attached hydrogen (secondary N) is 2. The molecule has 3 aromatic rings. The summed E-state index contributed by atoms with van der Waals surface area (Å²) in [6.07, 6.45) is 5.77. The number of carbonyl (C=O) groups excluding carboxylic acids is 3. The van der Waals surface area contributed by atoms with Crippen LogP contribution in [0.15, 0.2) is 72.8 Å². The summed E-state index contributed by atoms with van der Waals surface area (Å²) in [5.74, 6) is -0.626. The predicted molar refractivity (Wildman–Crippen MR) is 187 cm³/mol. The number of para-hydroxylation sites is 1. The summed E-state index contributed by atoms with van der Waals surface area (Å²) in [5.41, 5.74) is 4.64. The largest absolute Gasteiger partial charge is 0.444 e. The number of anilines is 1. The minimum absolute atomic E-state index is 0.255. The Kier molecular flexibility index (Phi) is 13.9. The molecular weight excluding hydrogens is 574 g/mol. The van der Waals surface area contributed by atoms with Gasteiger partial charge < -0.3 is 20.3 Å². The summed E-state index contributed by atoms with van der Waals surface area (Å²) in [4.78, 5) is 43.9. The van der Waals surface area contributed by atoms with Crippen molar-refractivity contribution in [3.63, 3.8) is 0 Å². The Hall–Kier alpha value is -4.13. The number of hydrogen-bond donors (Lipinski definition) is 2. The zero-order chi connectivity index (χ0) is 33.7. The molecule has 2 N–H and O–H groups in total. The number of rotatable bonds is 15. The van der Waals surface area contributed by atoms with Crippen LogP contribution in [-0.4, -0.2) is 41.0 Å². The van der Waals surface area contributed by atoms with Crippen LogP contribution in [0.1, 0.15) is 100 Å². The van der Waals surface area contributed by atoms with Crippen molar-refractivity contribution in [2.75, 3.05) is 11.9 Å². The molecule has 0 radical (unpaired) electrons. The smallest absolute Gasteiger partial charge is 0.408 e. The molecular formula is C39H53N3O4. The molecule has 0 bridgehead atoms. The van der Waals surface area contributed by atoms with Gasteiger partial charge in [-0.15, -0.1) is 0 Å². The van der Waals surface area contributed by atoms with Gasteiger partial charge in [0.15, 0.2) is 0 Å². The molecule has 3 amide bonds. The minimum atomic E-state index is -0.947. The maximum absolute atomic E-state index is 14.8. The molecule has 3 rings (SSSR count). The fraction of sp³-hybridized carbons (Fsp3) is 0.462. The summed E-state index contributed by atoms with van der Waals surface area (Å²) >= 11 is 0. The van der Waals surface area contributed by atoms with E-state index in [0.717, 1.165) is 59.9 Å². The molecule has 0 saturated carbocycles. The van der Waals surface area contributed by atoms with Crippen molar-refractivity contribution in [2.45, 2.75) is 111 Å². The van der Waals surface area contributed by atoms with E-state index in [9.17, 15) is 14.4 Å². The highest BCUT2D eigenvalue weighted by Crippen LogP contribution is 2.28. The highest BCUT2D eigenvalue weighted by Gasteiger charge is 2.36. The van der Waals surface area contributed by atoms with Gasteiger partial charge in [-0.25, -0.2) is 4.79 Å². The van der Waals surface area contributed by atoms with Crippen molar-refractivity contribution in [2.24, 2.45) is 0 Å². The first-order valence-electron chi connectivity index (χ1n) is 16.7. The van der Waals surface area contributed by atoms with E-state index in [2.05, 4.69) is 17.6 Å². The maximum Gasteiger partial charge on any atom is 0.408 e. The molecule has 0 aliphatic carbocycles. The lowest BCUT2D eigenvalue weighted by Crippen LogP contribution is -2.53. The molecule has 248 valence electrons. The number of aryl methyl sites for hydroxylation is 3. The Bertz CT molecular complexity index is 1430. The van der Waals surface area contributed by atoms with E-state index in [-0.39, 0.29) is 18.2 Å². The molecule has 0 fully saturated rings. The van der Waals surface area contributed by atoms with Crippen molar-refractivity contribution in [3.05, 3.63) is 101 Å². The quantitative estimate of drug-likeness (QED) is 0.165. The van der Waals surface area contributed by atoms with Crippen LogP contribution in [0.5, 0.6) is 0 Å². The van der Waals surface area contributed by atoms with Gasteiger partial charge in [0.2, 0.25) is 5.91 Å². The highest BCUT2D eigenvalue weighted by atomic mass is 16.6. The second kappa shape index (κ2) is 17.5. The molecule has 0 spiro atoms. The third-order valence-corrected chi connectivity index (χ3v) is 8.12.